The van der Waals surface area contributed by atoms with Gasteiger partial charge in [-0.25, -0.2) is 9.97 Å². The van der Waals surface area contributed by atoms with Crippen molar-refractivity contribution in [2.45, 2.75) is 25.9 Å². The summed E-state index contributed by atoms with van der Waals surface area (Å²) in [4.78, 5) is 15.8. The van der Waals surface area contributed by atoms with Gasteiger partial charge in [0.05, 0.1) is 11.6 Å². The van der Waals surface area contributed by atoms with Gasteiger partial charge in [0.1, 0.15) is 11.6 Å². The van der Waals surface area contributed by atoms with E-state index in [1.807, 2.05) is 36.2 Å². The number of nitrogens with zero attached hydrogens (tertiary/aromatic N) is 6. The largest absolute Gasteiger partial charge is 0.353 e. The van der Waals surface area contributed by atoms with Gasteiger partial charge in [0.25, 0.3) is 0 Å². The molecule has 0 radical (unpaired) electrons. The zero-order valence-electron chi connectivity index (χ0n) is 13.9. The maximum Gasteiger partial charge on any atom is 0.163 e. The molecule has 0 amide bonds. The summed E-state index contributed by atoms with van der Waals surface area (Å²) in [6.45, 7) is 6.31. The Morgan fingerprint density at radius 3 is 3.00 bits per heavy atom. The van der Waals surface area contributed by atoms with Crippen molar-refractivity contribution in [2.75, 3.05) is 24.5 Å². The number of aryl methyl sites for hydroxylation is 2. The van der Waals surface area contributed by atoms with Crippen molar-refractivity contribution in [3.8, 4) is 0 Å². The Morgan fingerprint density at radius 2 is 2.12 bits per heavy atom. The minimum atomic E-state index is 0.625. The Balaban J connectivity index is 1.35. The van der Waals surface area contributed by atoms with Crippen molar-refractivity contribution in [3.05, 3.63) is 33.9 Å². The van der Waals surface area contributed by atoms with Crippen molar-refractivity contribution in [3.63, 3.8) is 0 Å². The van der Waals surface area contributed by atoms with Crippen molar-refractivity contribution in [1.82, 2.24) is 24.6 Å². The maximum atomic E-state index is 4.69. The lowest BCUT2D eigenvalue weighted by Gasteiger charge is -2.47. The van der Waals surface area contributed by atoms with Gasteiger partial charge < -0.3 is 4.90 Å². The van der Waals surface area contributed by atoms with E-state index in [2.05, 4.69) is 36.3 Å². The molecule has 6 nitrogen and oxygen atoms in total. The third kappa shape index (κ3) is 2.15. The smallest absolute Gasteiger partial charge is 0.163 e. The molecular formula is C17H20N6S. The Kier molecular flexibility index (Phi) is 3.14. The molecule has 124 valence electrons. The van der Waals surface area contributed by atoms with Gasteiger partial charge in [-0.15, -0.1) is 11.3 Å². The van der Waals surface area contributed by atoms with Crippen molar-refractivity contribution >= 4 is 28.2 Å². The van der Waals surface area contributed by atoms with E-state index in [1.165, 1.54) is 18.5 Å². The van der Waals surface area contributed by atoms with E-state index in [4.69, 9.17) is 0 Å². The van der Waals surface area contributed by atoms with Gasteiger partial charge in [0, 0.05) is 44.1 Å². The van der Waals surface area contributed by atoms with Crippen LogP contribution in [0, 0.1) is 6.92 Å². The molecule has 0 N–H and O–H groups in total. The SMILES string of the molecule is Cc1nc(N2CC(N3CCc4sccc4C3)C2)c2cnn(C)c2n1. The monoisotopic (exact) mass is 340 g/mol. The number of thiophene rings is 1. The Labute approximate surface area is 144 Å². The van der Waals surface area contributed by atoms with E-state index in [0.717, 1.165) is 42.3 Å². The molecule has 1 fully saturated rings. The van der Waals surface area contributed by atoms with Crippen LogP contribution >= 0.6 is 11.3 Å². The van der Waals surface area contributed by atoms with Crippen LogP contribution in [0.1, 0.15) is 16.3 Å². The number of rotatable bonds is 2. The number of aromatic nitrogens is 4. The van der Waals surface area contributed by atoms with Crippen LogP contribution in [0.3, 0.4) is 0 Å². The summed E-state index contributed by atoms with van der Waals surface area (Å²) in [5, 5.41) is 7.63. The molecule has 2 aliphatic rings. The molecule has 0 aliphatic carbocycles. The highest BCUT2D eigenvalue weighted by atomic mass is 32.1. The Hall–Kier alpha value is -1.99. The predicted octanol–water partition coefficient (Wildman–Crippen LogP) is 1.98. The lowest BCUT2D eigenvalue weighted by molar-refractivity contribution is 0.151. The quantitative estimate of drug-likeness (QED) is 0.714. The first-order chi connectivity index (χ1) is 11.7. The Morgan fingerprint density at radius 1 is 1.25 bits per heavy atom. The van der Waals surface area contributed by atoms with E-state index < -0.39 is 0 Å². The summed E-state index contributed by atoms with van der Waals surface area (Å²) < 4.78 is 1.83. The van der Waals surface area contributed by atoms with Crippen LogP contribution in [0.25, 0.3) is 11.0 Å². The van der Waals surface area contributed by atoms with E-state index in [0.29, 0.717) is 6.04 Å². The van der Waals surface area contributed by atoms with Crippen LogP contribution in [-0.4, -0.2) is 50.3 Å². The van der Waals surface area contributed by atoms with Gasteiger partial charge in [-0.2, -0.15) is 5.10 Å². The highest BCUT2D eigenvalue weighted by Gasteiger charge is 2.35. The zero-order chi connectivity index (χ0) is 16.3. The predicted molar refractivity (Wildman–Crippen MR) is 95.5 cm³/mol. The van der Waals surface area contributed by atoms with Crippen LogP contribution in [0.5, 0.6) is 0 Å². The summed E-state index contributed by atoms with van der Waals surface area (Å²) in [6.07, 6.45) is 3.08. The zero-order valence-corrected chi connectivity index (χ0v) is 14.8. The molecule has 1 saturated heterocycles. The topological polar surface area (TPSA) is 50.1 Å². The third-order valence-corrected chi connectivity index (χ3v) is 6.22. The van der Waals surface area contributed by atoms with Gasteiger partial charge in [-0.3, -0.25) is 9.58 Å². The molecule has 7 heteroatoms. The highest BCUT2D eigenvalue weighted by molar-refractivity contribution is 7.10. The summed E-state index contributed by atoms with van der Waals surface area (Å²) in [5.41, 5.74) is 2.44. The summed E-state index contributed by atoms with van der Waals surface area (Å²) in [6, 6.07) is 2.91. The first kappa shape index (κ1) is 14.4. The Bertz CT molecular complexity index is 907. The fourth-order valence-corrected chi connectivity index (χ4v) is 4.69. The van der Waals surface area contributed by atoms with Crippen molar-refractivity contribution in [2.24, 2.45) is 7.05 Å². The average Bonchev–Trinajstić information content (AvgIpc) is 3.13. The molecule has 0 atom stereocenters. The molecule has 0 bridgehead atoms. The first-order valence-corrected chi connectivity index (χ1v) is 9.27. The number of hydrogen-bond donors (Lipinski definition) is 0. The lowest BCUT2D eigenvalue weighted by atomic mass is 10.0. The normalized spacial score (nSPS) is 18.8. The van der Waals surface area contributed by atoms with E-state index in [1.54, 1.807) is 4.88 Å². The molecule has 3 aromatic heterocycles. The van der Waals surface area contributed by atoms with Crippen LogP contribution in [-0.2, 0) is 20.0 Å². The molecule has 0 aromatic carbocycles. The molecule has 0 spiro atoms. The molecule has 2 aliphatic heterocycles. The minimum absolute atomic E-state index is 0.625. The van der Waals surface area contributed by atoms with Crippen LogP contribution in [0.4, 0.5) is 5.82 Å². The van der Waals surface area contributed by atoms with Crippen LogP contribution in [0.15, 0.2) is 17.6 Å². The van der Waals surface area contributed by atoms with Gasteiger partial charge in [-0.05, 0) is 30.4 Å². The molecule has 5 heterocycles. The third-order valence-electron chi connectivity index (χ3n) is 5.20. The molecule has 5 rings (SSSR count). The van der Waals surface area contributed by atoms with E-state index in [9.17, 15) is 0 Å². The molecule has 24 heavy (non-hydrogen) atoms. The summed E-state index contributed by atoms with van der Waals surface area (Å²) in [7, 11) is 1.93. The lowest BCUT2D eigenvalue weighted by Crippen LogP contribution is -2.60. The number of hydrogen-bond acceptors (Lipinski definition) is 6. The molecule has 0 unspecified atom stereocenters. The standard InChI is InChI=1S/C17H20N6S/c1-11-19-16-14(7-18-21(16)2)17(20-11)23-9-13(10-23)22-5-3-15-12(8-22)4-6-24-15/h4,6-7,13H,3,5,8-10H2,1-2H3. The van der Waals surface area contributed by atoms with E-state index >= 15 is 0 Å². The fourth-order valence-electron chi connectivity index (χ4n) is 3.80. The minimum Gasteiger partial charge on any atom is -0.353 e. The molecular weight excluding hydrogens is 320 g/mol. The van der Waals surface area contributed by atoms with Gasteiger partial charge >= 0.3 is 0 Å². The van der Waals surface area contributed by atoms with Gasteiger partial charge in [-0.1, -0.05) is 0 Å². The van der Waals surface area contributed by atoms with Gasteiger partial charge in [0.2, 0.25) is 0 Å². The second-order valence-corrected chi connectivity index (χ2v) is 7.75. The fraction of sp³-hybridized carbons (Fsp3) is 0.471. The average molecular weight is 340 g/mol. The summed E-state index contributed by atoms with van der Waals surface area (Å²) >= 11 is 1.90. The first-order valence-electron chi connectivity index (χ1n) is 8.39. The second-order valence-electron chi connectivity index (χ2n) is 6.75. The molecule has 3 aromatic rings. The number of fused-ring (bicyclic) bond motifs is 2. The van der Waals surface area contributed by atoms with Gasteiger partial charge in [0.15, 0.2) is 5.65 Å². The van der Waals surface area contributed by atoms with E-state index in [-0.39, 0.29) is 0 Å². The second kappa shape index (κ2) is 5.26. The summed E-state index contributed by atoms with van der Waals surface area (Å²) in [5.74, 6) is 1.85. The van der Waals surface area contributed by atoms with Crippen LogP contribution < -0.4 is 4.90 Å². The number of anilines is 1. The highest BCUT2D eigenvalue weighted by Crippen LogP contribution is 2.31. The van der Waals surface area contributed by atoms with Crippen molar-refractivity contribution in [1.29, 1.82) is 0 Å². The molecule has 0 saturated carbocycles. The maximum absolute atomic E-state index is 4.69. The van der Waals surface area contributed by atoms with Crippen LogP contribution in [0.2, 0.25) is 0 Å². The van der Waals surface area contributed by atoms with Crippen molar-refractivity contribution < 1.29 is 0 Å².